The maximum Gasteiger partial charge on any atom is 0.216 e. The monoisotopic (exact) mass is 286 g/mol. The normalized spacial score (nSPS) is 10.9. The summed E-state index contributed by atoms with van der Waals surface area (Å²) in [6.45, 7) is 2.67. The third-order valence-electron chi connectivity index (χ3n) is 2.98. The number of oxime groups is 1. The summed E-state index contributed by atoms with van der Waals surface area (Å²) in [5.41, 5.74) is 1.98. The molecule has 0 aliphatic heterocycles. The first-order chi connectivity index (χ1) is 10.2. The third kappa shape index (κ3) is 4.45. The predicted octanol–water partition coefficient (Wildman–Crippen LogP) is 1.42. The molecule has 2 rings (SSSR count). The van der Waals surface area contributed by atoms with E-state index in [0.29, 0.717) is 25.3 Å². The zero-order chi connectivity index (χ0) is 15.1. The van der Waals surface area contributed by atoms with Crippen LogP contribution in [0.15, 0.2) is 41.7 Å². The Morgan fingerprint density at radius 1 is 1.43 bits per heavy atom. The van der Waals surface area contributed by atoms with Crippen LogP contribution in [0.4, 0.5) is 0 Å². The summed E-state index contributed by atoms with van der Waals surface area (Å²) in [6, 6.07) is 9.97. The fourth-order valence-electron chi connectivity index (χ4n) is 2.03. The zero-order valence-corrected chi connectivity index (χ0v) is 11.9. The van der Waals surface area contributed by atoms with Crippen LogP contribution in [0.25, 0.3) is 0 Å². The van der Waals surface area contributed by atoms with Crippen LogP contribution in [-0.4, -0.2) is 33.4 Å². The van der Waals surface area contributed by atoms with E-state index in [2.05, 4.69) is 15.5 Å². The van der Waals surface area contributed by atoms with Gasteiger partial charge in [0.05, 0.1) is 5.69 Å². The second kappa shape index (κ2) is 7.23. The second-order valence-electron chi connectivity index (χ2n) is 4.68. The van der Waals surface area contributed by atoms with Crippen LogP contribution in [-0.2, 0) is 17.8 Å². The first kappa shape index (κ1) is 14.8. The number of carbonyl (C=O) groups excluding carboxylic acids is 1. The number of rotatable bonds is 6. The predicted molar refractivity (Wildman–Crippen MR) is 79.5 cm³/mol. The molecule has 1 amide bonds. The zero-order valence-electron chi connectivity index (χ0n) is 11.9. The highest BCUT2D eigenvalue weighted by Crippen LogP contribution is 2.08. The molecular weight excluding hydrogens is 268 g/mol. The van der Waals surface area contributed by atoms with E-state index in [1.807, 2.05) is 41.1 Å². The van der Waals surface area contributed by atoms with E-state index in [4.69, 9.17) is 5.21 Å². The number of nitrogens with one attached hydrogen (secondary N) is 1. The van der Waals surface area contributed by atoms with Crippen molar-refractivity contribution in [3.8, 4) is 0 Å². The molecule has 0 fully saturated rings. The molecule has 2 N–H and O–H groups in total. The quantitative estimate of drug-likeness (QED) is 0.479. The molecule has 0 saturated carbocycles. The molecular formula is C15H18N4O2. The molecule has 6 heteroatoms. The minimum atomic E-state index is -0.0594. The van der Waals surface area contributed by atoms with Gasteiger partial charge in [-0.15, -0.1) is 0 Å². The molecule has 1 aromatic carbocycles. The average molecular weight is 286 g/mol. The highest BCUT2D eigenvalue weighted by molar-refractivity contribution is 5.74. The van der Waals surface area contributed by atoms with Crippen LogP contribution in [0.5, 0.6) is 0 Å². The van der Waals surface area contributed by atoms with E-state index in [9.17, 15) is 4.79 Å². The van der Waals surface area contributed by atoms with Crippen LogP contribution >= 0.6 is 0 Å². The van der Waals surface area contributed by atoms with Gasteiger partial charge < -0.3 is 15.1 Å². The maximum absolute atomic E-state index is 10.9. The maximum atomic E-state index is 10.9. The summed E-state index contributed by atoms with van der Waals surface area (Å²) in [6.07, 6.45) is 3.85. The standard InChI is InChI=1S/C15H18N4O2/c1-12(20)16-8-7-14-11-19(15(18-14)9-17-21)10-13-5-3-2-4-6-13/h2-6,9,11,21H,7-8,10H2,1H3,(H,16,20)/b17-9+. The Bertz CT molecular complexity index is 620. The van der Waals surface area contributed by atoms with Gasteiger partial charge >= 0.3 is 0 Å². The first-order valence-corrected chi connectivity index (χ1v) is 6.71. The molecule has 0 atom stereocenters. The van der Waals surface area contributed by atoms with Crippen molar-refractivity contribution in [1.29, 1.82) is 0 Å². The van der Waals surface area contributed by atoms with Crippen LogP contribution in [0.2, 0.25) is 0 Å². The summed E-state index contributed by atoms with van der Waals surface area (Å²) in [5.74, 6) is 0.523. The summed E-state index contributed by atoms with van der Waals surface area (Å²) in [7, 11) is 0. The van der Waals surface area contributed by atoms with Crippen LogP contribution in [0.3, 0.4) is 0 Å². The highest BCUT2D eigenvalue weighted by Gasteiger charge is 2.07. The van der Waals surface area contributed by atoms with Gasteiger partial charge in [-0.1, -0.05) is 35.5 Å². The molecule has 0 saturated heterocycles. The summed E-state index contributed by atoms with van der Waals surface area (Å²) < 4.78 is 1.91. The molecule has 2 aromatic rings. The Labute approximate surface area is 123 Å². The molecule has 0 aliphatic carbocycles. The lowest BCUT2D eigenvalue weighted by Gasteiger charge is -2.04. The minimum absolute atomic E-state index is 0.0594. The fraction of sp³-hybridized carbons (Fsp3) is 0.267. The lowest BCUT2D eigenvalue weighted by atomic mass is 10.2. The van der Waals surface area contributed by atoms with E-state index in [-0.39, 0.29) is 5.91 Å². The van der Waals surface area contributed by atoms with E-state index >= 15 is 0 Å². The molecule has 6 nitrogen and oxygen atoms in total. The second-order valence-corrected chi connectivity index (χ2v) is 4.68. The number of imidazole rings is 1. The molecule has 0 bridgehead atoms. The number of hydrogen-bond donors (Lipinski definition) is 2. The number of carbonyl (C=O) groups is 1. The van der Waals surface area contributed by atoms with Crippen LogP contribution in [0, 0.1) is 0 Å². The van der Waals surface area contributed by atoms with Gasteiger partial charge in [0.15, 0.2) is 5.82 Å². The van der Waals surface area contributed by atoms with E-state index in [0.717, 1.165) is 11.3 Å². The first-order valence-electron chi connectivity index (χ1n) is 6.71. The van der Waals surface area contributed by atoms with E-state index in [1.165, 1.54) is 13.1 Å². The Balaban J connectivity index is 2.11. The molecule has 21 heavy (non-hydrogen) atoms. The molecule has 1 aromatic heterocycles. The van der Waals surface area contributed by atoms with Crippen molar-refractivity contribution in [3.05, 3.63) is 53.6 Å². The summed E-state index contributed by atoms with van der Waals surface area (Å²) in [5, 5.41) is 14.5. The van der Waals surface area contributed by atoms with Gasteiger partial charge in [0.25, 0.3) is 0 Å². The smallest absolute Gasteiger partial charge is 0.216 e. The Hall–Kier alpha value is -2.63. The van der Waals surface area contributed by atoms with E-state index in [1.54, 1.807) is 0 Å². The van der Waals surface area contributed by atoms with Crippen LogP contribution < -0.4 is 5.32 Å². The van der Waals surface area contributed by atoms with Crippen molar-refractivity contribution < 1.29 is 10.0 Å². The van der Waals surface area contributed by atoms with Gasteiger partial charge in [-0.05, 0) is 5.56 Å². The van der Waals surface area contributed by atoms with E-state index < -0.39 is 0 Å². The van der Waals surface area contributed by atoms with Gasteiger partial charge in [-0.25, -0.2) is 4.98 Å². The third-order valence-corrected chi connectivity index (χ3v) is 2.98. The topological polar surface area (TPSA) is 79.5 Å². The number of nitrogens with zero attached hydrogens (tertiary/aromatic N) is 3. The molecule has 0 radical (unpaired) electrons. The Morgan fingerprint density at radius 3 is 2.86 bits per heavy atom. The SMILES string of the molecule is CC(=O)NCCc1cn(Cc2ccccc2)c(/C=N/O)n1. The van der Waals surface area contributed by atoms with Gasteiger partial charge in [-0.2, -0.15) is 0 Å². The molecule has 0 unspecified atom stereocenters. The Morgan fingerprint density at radius 2 is 2.19 bits per heavy atom. The van der Waals surface area contributed by atoms with Crippen molar-refractivity contribution in [3.63, 3.8) is 0 Å². The van der Waals surface area contributed by atoms with Crippen LogP contribution in [0.1, 0.15) is 24.0 Å². The lowest BCUT2D eigenvalue weighted by Crippen LogP contribution is -2.22. The van der Waals surface area contributed by atoms with Crippen molar-refractivity contribution in [2.75, 3.05) is 6.54 Å². The molecule has 110 valence electrons. The number of amides is 1. The van der Waals surface area contributed by atoms with Gasteiger partial charge in [-0.3, -0.25) is 4.79 Å². The van der Waals surface area contributed by atoms with Gasteiger partial charge in [0.2, 0.25) is 5.91 Å². The highest BCUT2D eigenvalue weighted by atomic mass is 16.4. The minimum Gasteiger partial charge on any atom is -0.411 e. The number of aromatic nitrogens is 2. The number of benzene rings is 1. The van der Waals surface area contributed by atoms with Crippen molar-refractivity contribution in [2.24, 2.45) is 5.16 Å². The largest absolute Gasteiger partial charge is 0.411 e. The molecule has 1 heterocycles. The average Bonchev–Trinajstić information content (AvgIpc) is 2.82. The number of hydrogen-bond acceptors (Lipinski definition) is 4. The molecule has 0 spiro atoms. The lowest BCUT2D eigenvalue weighted by molar-refractivity contribution is -0.118. The van der Waals surface area contributed by atoms with Gasteiger partial charge in [0, 0.05) is 32.6 Å². The van der Waals surface area contributed by atoms with Crippen molar-refractivity contribution in [1.82, 2.24) is 14.9 Å². The van der Waals surface area contributed by atoms with Crippen molar-refractivity contribution in [2.45, 2.75) is 19.9 Å². The molecule has 0 aliphatic rings. The summed E-state index contributed by atoms with van der Waals surface area (Å²) in [4.78, 5) is 15.3. The summed E-state index contributed by atoms with van der Waals surface area (Å²) >= 11 is 0. The Kier molecular flexibility index (Phi) is 5.09. The fourth-order valence-corrected chi connectivity index (χ4v) is 2.03. The van der Waals surface area contributed by atoms with Gasteiger partial charge in [0.1, 0.15) is 6.21 Å². The van der Waals surface area contributed by atoms with Crippen molar-refractivity contribution >= 4 is 12.1 Å².